The predicted molar refractivity (Wildman–Crippen MR) is 125 cm³/mol. The Kier molecular flexibility index (Phi) is 5.71. The quantitative estimate of drug-likeness (QED) is 0.582. The molecule has 0 bridgehead atoms. The molecule has 162 valence electrons. The van der Waals surface area contributed by atoms with Crippen LogP contribution in [-0.4, -0.2) is 27.0 Å². The maximum absolute atomic E-state index is 13.2. The van der Waals surface area contributed by atoms with Crippen LogP contribution in [0.5, 0.6) is 0 Å². The minimum Gasteiger partial charge on any atom is -0.319 e. The molecule has 3 aromatic rings. The van der Waals surface area contributed by atoms with Gasteiger partial charge in [0.25, 0.3) is 5.56 Å². The molecule has 6 nitrogen and oxygen atoms in total. The van der Waals surface area contributed by atoms with Gasteiger partial charge >= 0.3 is 6.03 Å². The van der Waals surface area contributed by atoms with Crippen molar-refractivity contribution in [3.8, 4) is 0 Å². The molecule has 1 aromatic carbocycles. The number of fused-ring (bicyclic) bond motifs is 3. The van der Waals surface area contributed by atoms with E-state index in [4.69, 9.17) is 11.6 Å². The molecule has 0 atom stereocenters. The zero-order chi connectivity index (χ0) is 21.4. The number of halogens is 1. The summed E-state index contributed by atoms with van der Waals surface area (Å²) < 4.78 is 1.81. The minimum absolute atomic E-state index is 0.0761. The number of amides is 2. The SMILES string of the molecule is O=C(Nc1ccc(Cl)cc1)N1CCc2c(sc3ncn(CC4CCCCC4)c(=O)c23)C1. The molecule has 31 heavy (non-hydrogen) atoms. The van der Waals surface area contributed by atoms with Gasteiger partial charge in [0.15, 0.2) is 0 Å². The van der Waals surface area contributed by atoms with Crippen LogP contribution in [0.4, 0.5) is 10.5 Å². The van der Waals surface area contributed by atoms with Crippen LogP contribution >= 0.6 is 22.9 Å². The summed E-state index contributed by atoms with van der Waals surface area (Å²) in [5, 5.41) is 4.31. The Morgan fingerprint density at radius 1 is 1.19 bits per heavy atom. The number of carbonyl (C=O) groups is 1. The summed E-state index contributed by atoms with van der Waals surface area (Å²) in [5.74, 6) is 0.576. The lowest BCUT2D eigenvalue weighted by Crippen LogP contribution is -2.38. The number of carbonyl (C=O) groups excluding carboxylic acids is 1. The van der Waals surface area contributed by atoms with Crippen LogP contribution in [0.25, 0.3) is 10.2 Å². The first-order valence-corrected chi connectivity index (χ1v) is 12.1. The van der Waals surface area contributed by atoms with Crippen molar-refractivity contribution in [1.82, 2.24) is 14.5 Å². The van der Waals surface area contributed by atoms with Gasteiger partial charge in [0, 0.05) is 28.7 Å². The molecule has 1 fully saturated rings. The standard InChI is InChI=1S/C23H25ClN4O2S/c24-16-6-8-17(9-7-16)26-23(30)27-11-10-18-19(13-27)31-21-20(18)22(29)28(14-25-21)12-15-4-2-1-3-5-15/h6-9,14-15H,1-5,10-13H2,(H,26,30). The van der Waals surface area contributed by atoms with E-state index in [1.54, 1.807) is 35.5 Å². The number of nitrogens with one attached hydrogen (secondary N) is 1. The topological polar surface area (TPSA) is 67.2 Å². The fourth-order valence-electron chi connectivity index (χ4n) is 4.71. The van der Waals surface area contributed by atoms with E-state index >= 15 is 0 Å². The van der Waals surface area contributed by atoms with Crippen molar-refractivity contribution in [3.05, 3.63) is 56.4 Å². The largest absolute Gasteiger partial charge is 0.322 e. The number of rotatable bonds is 3. The molecule has 1 N–H and O–H groups in total. The zero-order valence-electron chi connectivity index (χ0n) is 17.3. The smallest absolute Gasteiger partial charge is 0.319 e. The van der Waals surface area contributed by atoms with Crippen LogP contribution in [0.3, 0.4) is 0 Å². The fraction of sp³-hybridized carbons (Fsp3) is 0.435. The maximum Gasteiger partial charge on any atom is 0.322 e. The number of urea groups is 1. The van der Waals surface area contributed by atoms with Crippen molar-refractivity contribution >= 4 is 44.9 Å². The number of nitrogens with zero attached hydrogens (tertiary/aromatic N) is 3. The van der Waals surface area contributed by atoms with Crippen LogP contribution in [0.1, 0.15) is 42.5 Å². The molecule has 2 aromatic heterocycles. The molecule has 0 saturated heterocycles. The molecule has 1 aliphatic heterocycles. The highest BCUT2D eigenvalue weighted by Gasteiger charge is 2.27. The highest BCUT2D eigenvalue weighted by atomic mass is 35.5. The van der Waals surface area contributed by atoms with Gasteiger partial charge in [-0.1, -0.05) is 30.9 Å². The monoisotopic (exact) mass is 456 g/mol. The lowest BCUT2D eigenvalue weighted by atomic mass is 9.89. The Balaban J connectivity index is 1.35. The van der Waals surface area contributed by atoms with Gasteiger partial charge in [-0.15, -0.1) is 11.3 Å². The average molecular weight is 457 g/mol. The summed E-state index contributed by atoms with van der Waals surface area (Å²) in [6.07, 6.45) is 8.62. The van der Waals surface area contributed by atoms with Gasteiger partial charge in [0.1, 0.15) is 4.83 Å². The molecule has 2 amide bonds. The Hall–Kier alpha value is -2.38. The van der Waals surface area contributed by atoms with E-state index < -0.39 is 0 Å². The van der Waals surface area contributed by atoms with E-state index in [1.165, 1.54) is 43.4 Å². The normalized spacial score (nSPS) is 17.0. The van der Waals surface area contributed by atoms with Crippen molar-refractivity contribution in [2.24, 2.45) is 5.92 Å². The zero-order valence-corrected chi connectivity index (χ0v) is 18.8. The van der Waals surface area contributed by atoms with Crippen LogP contribution in [0, 0.1) is 5.92 Å². The Morgan fingerprint density at radius 3 is 2.74 bits per heavy atom. The van der Waals surface area contributed by atoms with E-state index in [9.17, 15) is 9.59 Å². The molecule has 1 saturated carbocycles. The first kappa shape index (κ1) is 20.5. The second-order valence-electron chi connectivity index (χ2n) is 8.50. The van der Waals surface area contributed by atoms with Crippen molar-refractivity contribution in [3.63, 3.8) is 0 Å². The van der Waals surface area contributed by atoms with Gasteiger partial charge in [0.2, 0.25) is 0 Å². The molecule has 3 heterocycles. The first-order valence-electron chi connectivity index (χ1n) is 10.9. The molecule has 5 rings (SSSR count). The minimum atomic E-state index is -0.145. The summed E-state index contributed by atoms with van der Waals surface area (Å²) in [4.78, 5) is 34.2. The van der Waals surface area contributed by atoms with Gasteiger partial charge in [-0.25, -0.2) is 9.78 Å². The van der Waals surface area contributed by atoms with Crippen LogP contribution in [0.15, 0.2) is 35.4 Å². The highest BCUT2D eigenvalue weighted by Crippen LogP contribution is 2.33. The van der Waals surface area contributed by atoms with E-state index in [2.05, 4.69) is 10.3 Å². The first-order chi connectivity index (χ1) is 15.1. The van der Waals surface area contributed by atoms with Crippen molar-refractivity contribution in [1.29, 1.82) is 0 Å². The molecular weight excluding hydrogens is 432 g/mol. The predicted octanol–water partition coefficient (Wildman–Crippen LogP) is 5.28. The summed E-state index contributed by atoms with van der Waals surface area (Å²) in [7, 11) is 0. The third kappa shape index (κ3) is 4.21. The molecule has 2 aliphatic rings. The third-order valence-electron chi connectivity index (χ3n) is 6.39. The van der Waals surface area contributed by atoms with Gasteiger partial charge in [-0.3, -0.25) is 9.36 Å². The maximum atomic E-state index is 13.2. The van der Waals surface area contributed by atoms with E-state index in [1.807, 2.05) is 4.57 Å². The number of hydrogen-bond donors (Lipinski definition) is 1. The van der Waals surface area contributed by atoms with Crippen LogP contribution < -0.4 is 10.9 Å². The van der Waals surface area contributed by atoms with Crippen molar-refractivity contribution in [2.45, 2.75) is 51.6 Å². The number of benzene rings is 1. The Bertz CT molecular complexity index is 1160. The molecule has 8 heteroatoms. The molecule has 1 aliphatic carbocycles. The van der Waals surface area contributed by atoms with Gasteiger partial charge < -0.3 is 10.2 Å². The fourth-order valence-corrected chi connectivity index (χ4v) is 6.03. The van der Waals surface area contributed by atoms with E-state index in [0.717, 1.165) is 27.2 Å². The Morgan fingerprint density at radius 2 is 1.97 bits per heavy atom. The molecule has 0 radical (unpaired) electrons. The van der Waals surface area contributed by atoms with Crippen LogP contribution in [0.2, 0.25) is 5.02 Å². The lowest BCUT2D eigenvalue weighted by molar-refractivity contribution is 0.207. The van der Waals surface area contributed by atoms with Crippen molar-refractivity contribution in [2.75, 3.05) is 11.9 Å². The molecule has 0 spiro atoms. The van der Waals surface area contributed by atoms with Crippen molar-refractivity contribution < 1.29 is 4.79 Å². The van der Waals surface area contributed by atoms with Gasteiger partial charge in [-0.2, -0.15) is 0 Å². The van der Waals surface area contributed by atoms with Gasteiger partial charge in [-0.05, 0) is 55.0 Å². The lowest BCUT2D eigenvalue weighted by Gasteiger charge is -2.27. The summed E-state index contributed by atoms with van der Waals surface area (Å²) in [6.45, 7) is 1.84. The highest BCUT2D eigenvalue weighted by molar-refractivity contribution is 7.18. The number of anilines is 1. The second kappa shape index (κ2) is 8.63. The van der Waals surface area contributed by atoms with E-state index in [-0.39, 0.29) is 11.6 Å². The van der Waals surface area contributed by atoms with Gasteiger partial charge in [0.05, 0.1) is 18.3 Å². The Labute approximate surface area is 189 Å². The number of hydrogen-bond acceptors (Lipinski definition) is 4. The molecular formula is C23H25ClN4O2S. The summed E-state index contributed by atoms with van der Waals surface area (Å²) in [5.41, 5.74) is 1.86. The summed E-state index contributed by atoms with van der Waals surface area (Å²) in [6, 6.07) is 6.93. The summed E-state index contributed by atoms with van der Waals surface area (Å²) >= 11 is 7.45. The van der Waals surface area contributed by atoms with E-state index in [0.29, 0.717) is 36.1 Å². The molecule has 0 unspecified atom stereocenters. The third-order valence-corrected chi connectivity index (χ3v) is 7.77. The number of thiophene rings is 1. The average Bonchev–Trinajstić information content (AvgIpc) is 3.16. The second-order valence-corrected chi connectivity index (χ2v) is 10.0. The number of aromatic nitrogens is 2. The van der Waals surface area contributed by atoms with Crippen LogP contribution in [-0.2, 0) is 19.5 Å².